The van der Waals surface area contributed by atoms with Crippen LogP contribution in [0, 0.1) is 11.3 Å². The summed E-state index contributed by atoms with van der Waals surface area (Å²) in [7, 11) is 1.55. The predicted molar refractivity (Wildman–Crippen MR) is 95.5 cm³/mol. The number of carbonyl (C=O) groups is 1. The molecule has 0 aliphatic carbocycles. The Morgan fingerprint density at radius 2 is 2.19 bits per heavy atom. The van der Waals surface area contributed by atoms with E-state index in [1.54, 1.807) is 17.8 Å². The van der Waals surface area contributed by atoms with E-state index in [4.69, 9.17) is 4.74 Å². The van der Waals surface area contributed by atoms with Crippen LogP contribution in [0.3, 0.4) is 0 Å². The second kappa shape index (κ2) is 6.64. The van der Waals surface area contributed by atoms with Gasteiger partial charge in [0.05, 0.1) is 25.5 Å². The highest BCUT2D eigenvalue weighted by Gasteiger charge is 2.25. The van der Waals surface area contributed by atoms with Crippen LogP contribution in [0.25, 0.3) is 16.6 Å². The van der Waals surface area contributed by atoms with E-state index in [1.165, 1.54) is 11.1 Å². The molecule has 9 heteroatoms. The quantitative estimate of drug-likeness (QED) is 0.762. The van der Waals surface area contributed by atoms with Crippen molar-refractivity contribution in [3.05, 3.63) is 36.4 Å². The summed E-state index contributed by atoms with van der Waals surface area (Å²) in [4.78, 5) is 12.7. The third-order valence-electron chi connectivity index (χ3n) is 4.89. The molecule has 0 radical (unpaired) electrons. The average Bonchev–Trinajstić information content (AvgIpc) is 3.34. The van der Waals surface area contributed by atoms with E-state index in [-0.39, 0.29) is 6.04 Å². The molecule has 0 spiro atoms. The molecule has 1 aliphatic heterocycles. The van der Waals surface area contributed by atoms with Crippen LogP contribution >= 0.6 is 0 Å². The number of aromatic nitrogens is 4. The van der Waals surface area contributed by atoms with Crippen LogP contribution in [0.2, 0.25) is 0 Å². The lowest BCUT2D eigenvalue weighted by atomic mass is 10.1. The first-order chi connectivity index (χ1) is 13.1. The monoisotopic (exact) mass is 366 g/mol. The molecule has 1 atom stereocenters. The zero-order valence-corrected chi connectivity index (χ0v) is 14.7. The van der Waals surface area contributed by atoms with Gasteiger partial charge in [-0.25, -0.2) is 9.31 Å². The average molecular weight is 366 g/mol. The fourth-order valence-corrected chi connectivity index (χ4v) is 3.51. The summed E-state index contributed by atoms with van der Waals surface area (Å²) in [5.74, 6) is 0.559. The molecule has 0 unspecified atom stereocenters. The largest absolute Gasteiger partial charge is 0.494 e. The van der Waals surface area contributed by atoms with Crippen molar-refractivity contribution in [2.75, 3.05) is 20.2 Å². The molecule has 0 bridgehead atoms. The molecule has 3 aromatic rings. The molecule has 3 aromatic heterocycles. The van der Waals surface area contributed by atoms with Crippen LogP contribution in [0.5, 0.6) is 5.75 Å². The Bertz CT molecular complexity index is 1050. The number of fused-ring (bicyclic) bond motifs is 1. The maximum absolute atomic E-state index is 11.2. The first kappa shape index (κ1) is 16.9. The highest BCUT2D eigenvalue weighted by atomic mass is 16.5. The van der Waals surface area contributed by atoms with Crippen molar-refractivity contribution >= 4 is 11.6 Å². The van der Waals surface area contributed by atoms with Crippen LogP contribution in [-0.2, 0) is 0 Å². The van der Waals surface area contributed by atoms with Crippen LogP contribution < -0.4 is 4.74 Å². The minimum Gasteiger partial charge on any atom is -0.494 e. The van der Waals surface area contributed by atoms with E-state index < -0.39 is 6.09 Å². The van der Waals surface area contributed by atoms with E-state index in [2.05, 4.69) is 16.3 Å². The number of amides is 1. The Labute approximate surface area is 155 Å². The number of hydrogen-bond acceptors (Lipinski definition) is 5. The van der Waals surface area contributed by atoms with Gasteiger partial charge in [0, 0.05) is 36.6 Å². The van der Waals surface area contributed by atoms with Gasteiger partial charge in [-0.05, 0) is 18.9 Å². The molecule has 1 amide bonds. The van der Waals surface area contributed by atoms with Gasteiger partial charge in [-0.2, -0.15) is 15.5 Å². The van der Waals surface area contributed by atoms with Crippen molar-refractivity contribution in [1.29, 1.82) is 5.26 Å². The second-order valence-electron chi connectivity index (χ2n) is 6.49. The molecular weight excluding hydrogens is 348 g/mol. The van der Waals surface area contributed by atoms with Gasteiger partial charge >= 0.3 is 6.09 Å². The summed E-state index contributed by atoms with van der Waals surface area (Å²) in [5.41, 5.74) is 2.80. The lowest BCUT2D eigenvalue weighted by Crippen LogP contribution is -2.39. The SMILES string of the molecule is COc1cc(-c2cnn([C@@H]3CCCN(C(=O)O)C3)c2)cn2ncc(C#N)c12. The lowest BCUT2D eigenvalue weighted by Gasteiger charge is -2.30. The zero-order valence-electron chi connectivity index (χ0n) is 14.7. The Kier molecular flexibility index (Phi) is 4.16. The summed E-state index contributed by atoms with van der Waals surface area (Å²) >= 11 is 0. The number of pyridine rings is 1. The van der Waals surface area contributed by atoms with Crippen LogP contribution in [-0.4, -0.2) is 55.7 Å². The molecule has 0 aromatic carbocycles. The van der Waals surface area contributed by atoms with E-state index in [0.29, 0.717) is 29.9 Å². The lowest BCUT2D eigenvalue weighted by molar-refractivity contribution is 0.119. The standard InChI is InChI=1S/C18H18N6O3/c1-27-16-5-12(9-24-17(16)13(6-19)7-21-24)14-8-20-23(10-14)15-3-2-4-22(11-15)18(25)26/h5,7-10,15H,2-4,11H2,1H3,(H,25,26)/t15-/m1/s1. The molecule has 1 aliphatic rings. The number of methoxy groups -OCH3 is 1. The molecular formula is C18H18N6O3. The van der Waals surface area contributed by atoms with Gasteiger partial charge in [0.15, 0.2) is 0 Å². The summed E-state index contributed by atoms with van der Waals surface area (Å²) in [5, 5.41) is 27.1. The highest BCUT2D eigenvalue weighted by Crippen LogP contribution is 2.30. The molecule has 27 heavy (non-hydrogen) atoms. The Balaban J connectivity index is 1.67. The maximum atomic E-state index is 11.2. The molecule has 4 heterocycles. The second-order valence-corrected chi connectivity index (χ2v) is 6.49. The minimum atomic E-state index is -0.894. The summed E-state index contributed by atoms with van der Waals surface area (Å²) in [6.45, 7) is 0.998. The molecule has 4 rings (SSSR count). The maximum Gasteiger partial charge on any atom is 0.407 e. The van der Waals surface area contributed by atoms with Crippen molar-refractivity contribution < 1.29 is 14.6 Å². The van der Waals surface area contributed by atoms with Gasteiger partial charge in [-0.3, -0.25) is 4.68 Å². The number of likely N-dealkylation sites (tertiary alicyclic amines) is 1. The molecule has 0 saturated carbocycles. The van der Waals surface area contributed by atoms with E-state index in [0.717, 1.165) is 24.0 Å². The van der Waals surface area contributed by atoms with Gasteiger partial charge in [-0.1, -0.05) is 0 Å². The fraction of sp³-hybridized carbons (Fsp3) is 0.333. The third kappa shape index (κ3) is 2.95. The number of rotatable bonds is 3. The van der Waals surface area contributed by atoms with Crippen molar-refractivity contribution in [2.24, 2.45) is 0 Å². The minimum absolute atomic E-state index is 0.0177. The molecule has 9 nitrogen and oxygen atoms in total. The van der Waals surface area contributed by atoms with E-state index in [1.807, 2.05) is 23.1 Å². The molecule has 1 saturated heterocycles. The molecule has 1 fully saturated rings. The van der Waals surface area contributed by atoms with Crippen LogP contribution in [0.4, 0.5) is 4.79 Å². The Hall–Kier alpha value is -3.54. The zero-order chi connectivity index (χ0) is 19.0. The van der Waals surface area contributed by atoms with Crippen LogP contribution in [0.15, 0.2) is 30.9 Å². The summed E-state index contributed by atoms with van der Waals surface area (Å²) in [6.07, 6.45) is 7.79. The number of nitrogens with zero attached hydrogens (tertiary/aromatic N) is 6. The number of hydrogen-bond donors (Lipinski definition) is 1. The Morgan fingerprint density at radius 1 is 1.33 bits per heavy atom. The highest BCUT2D eigenvalue weighted by molar-refractivity contribution is 5.75. The van der Waals surface area contributed by atoms with Crippen molar-refractivity contribution in [3.8, 4) is 22.9 Å². The van der Waals surface area contributed by atoms with Gasteiger partial charge < -0.3 is 14.7 Å². The number of carboxylic acid groups (broad SMARTS) is 1. The number of piperidine rings is 1. The van der Waals surface area contributed by atoms with Crippen molar-refractivity contribution in [1.82, 2.24) is 24.3 Å². The fourth-order valence-electron chi connectivity index (χ4n) is 3.51. The molecule has 1 N–H and O–H groups in total. The van der Waals surface area contributed by atoms with E-state index in [9.17, 15) is 15.2 Å². The van der Waals surface area contributed by atoms with Gasteiger partial charge in [0.1, 0.15) is 22.9 Å². The number of ether oxygens (including phenoxy) is 1. The first-order valence-electron chi connectivity index (χ1n) is 8.58. The van der Waals surface area contributed by atoms with Crippen LogP contribution in [0.1, 0.15) is 24.4 Å². The van der Waals surface area contributed by atoms with Gasteiger partial charge in [0.25, 0.3) is 0 Å². The number of nitriles is 1. The summed E-state index contributed by atoms with van der Waals surface area (Å²) < 4.78 is 8.89. The van der Waals surface area contributed by atoms with Gasteiger partial charge in [-0.15, -0.1) is 0 Å². The topological polar surface area (TPSA) is 109 Å². The first-order valence-corrected chi connectivity index (χ1v) is 8.58. The smallest absolute Gasteiger partial charge is 0.407 e. The molecule has 138 valence electrons. The third-order valence-corrected chi connectivity index (χ3v) is 4.89. The summed E-state index contributed by atoms with van der Waals surface area (Å²) in [6, 6.07) is 3.98. The van der Waals surface area contributed by atoms with Crippen molar-refractivity contribution in [2.45, 2.75) is 18.9 Å². The van der Waals surface area contributed by atoms with Gasteiger partial charge in [0.2, 0.25) is 0 Å². The van der Waals surface area contributed by atoms with E-state index >= 15 is 0 Å². The Morgan fingerprint density at radius 3 is 2.93 bits per heavy atom. The predicted octanol–water partition coefficient (Wildman–Crippen LogP) is 2.39. The normalized spacial score (nSPS) is 17.0. The van der Waals surface area contributed by atoms with Crippen molar-refractivity contribution in [3.63, 3.8) is 0 Å².